The molecule has 0 bridgehead atoms. The van der Waals surface area contributed by atoms with Gasteiger partial charge in [-0.15, -0.1) is 0 Å². The summed E-state index contributed by atoms with van der Waals surface area (Å²) in [6, 6.07) is 0. The molecule has 0 aromatic heterocycles. The van der Waals surface area contributed by atoms with Crippen LogP contribution in [-0.2, 0) is 9.53 Å². The Morgan fingerprint density at radius 3 is 0.949 bits per heavy atom. The van der Waals surface area contributed by atoms with Crippen LogP contribution in [0.5, 0.6) is 0 Å². The summed E-state index contributed by atoms with van der Waals surface area (Å²) in [6.07, 6.45) is 38.7. The van der Waals surface area contributed by atoms with Gasteiger partial charge in [-0.25, -0.2) is 0 Å². The predicted octanol–water partition coefficient (Wildman–Crippen LogP) is 13.2. The summed E-state index contributed by atoms with van der Waals surface area (Å²) in [5.74, 6) is 1.77. The van der Waals surface area contributed by atoms with Gasteiger partial charge in [0.2, 0.25) is 0 Å². The second kappa shape index (κ2) is 32.0. The van der Waals surface area contributed by atoms with Crippen molar-refractivity contribution in [2.45, 2.75) is 214 Å². The summed E-state index contributed by atoms with van der Waals surface area (Å²) in [6.45, 7) is 9.95. The molecular formula is C37H74O2. The predicted molar refractivity (Wildman–Crippen MR) is 175 cm³/mol. The molecule has 234 valence electrons. The van der Waals surface area contributed by atoms with Gasteiger partial charge in [0.25, 0.3) is 0 Å². The van der Waals surface area contributed by atoms with Crippen LogP contribution < -0.4 is 0 Å². The number of carbonyl (C=O) groups excluding carboxylic acids is 1. The third-order valence-corrected chi connectivity index (χ3v) is 8.35. The lowest BCUT2D eigenvalue weighted by atomic mass is 10.0. The normalized spacial score (nSPS) is 11.6. The van der Waals surface area contributed by atoms with E-state index in [1.54, 1.807) is 0 Å². The van der Waals surface area contributed by atoms with E-state index in [4.69, 9.17) is 4.74 Å². The van der Waals surface area contributed by atoms with Crippen molar-refractivity contribution >= 4 is 5.97 Å². The molecule has 0 saturated carbocycles. The first-order valence-electron chi connectivity index (χ1n) is 18.2. The van der Waals surface area contributed by atoms with E-state index < -0.39 is 0 Å². The van der Waals surface area contributed by atoms with Gasteiger partial charge in [-0.2, -0.15) is 0 Å². The Labute approximate surface area is 247 Å². The van der Waals surface area contributed by atoms with Gasteiger partial charge in [-0.1, -0.05) is 195 Å². The highest BCUT2D eigenvalue weighted by Gasteiger charge is 2.03. The Morgan fingerprint density at radius 1 is 0.385 bits per heavy atom. The number of hydrogen-bond acceptors (Lipinski definition) is 2. The third-order valence-electron chi connectivity index (χ3n) is 8.35. The maximum Gasteiger partial charge on any atom is 0.305 e. The Morgan fingerprint density at radius 2 is 0.641 bits per heavy atom. The molecule has 0 spiro atoms. The molecule has 0 radical (unpaired) electrons. The first kappa shape index (κ1) is 38.5. The topological polar surface area (TPSA) is 26.3 Å². The van der Waals surface area contributed by atoms with Crippen molar-refractivity contribution in [2.75, 3.05) is 6.61 Å². The average Bonchev–Trinajstić information content (AvgIpc) is 2.90. The molecule has 0 saturated heterocycles. The van der Waals surface area contributed by atoms with E-state index in [1.165, 1.54) is 167 Å². The lowest BCUT2D eigenvalue weighted by Crippen LogP contribution is -2.05. The summed E-state index contributed by atoms with van der Waals surface area (Å²) < 4.78 is 5.44. The van der Waals surface area contributed by atoms with Crippen LogP contribution in [0, 0.1) is 11.8 Å². The second-order valence-electron chi connectivity index (χ2n) is 13.5. The molecule has 2 heteroatoms. The van der Waals surface area contributed by atoms with Crippen molar-refractivity contribution in [1.29, 1.82) is 0 Å². The zero-order valence-corrected chi connectivity index (χ0v) is 27.7. The minimum absolute atomic E-state index is 0.0270. The lowest BCUT2D eigenvalue weighted by Gasteiger charge is -2.06. The molecule has 0 aliphatic carbocycles. The Hall–Kier alpha value is -0.530. The van der Waals surface area contributed by atoms with Gasteiger partial charge in [-0.05, 0) is 24.7 Å². The Kier molecular flexibility index (Phi) is 31.6. The van der Waals surface area contributed by atoms with Gasteiger partial charge in [-0.3, -0.25) is 4.79 Å². The maximum atomic E-state index is 11.9. The van der Waals surface area contributed by atoms with Gasteiger partial charge >= 0.3 is 5.97 Å². The van der Waals surface area contributed by atoms with Crippen molar-refractivity contribution in [3.63, 3.8) is 0 Å². The standard InChI is InChI=1S/C37H74O2/c1-35(2)31-27-23-19-15-11-7-5-6-8-13-17-21-25-29-33-37(38)39-34-30-26-22-18-14-10-9-12-16-20-24-28-32-36(3)4/h35-36H,5-34H2,1-4H3. The molecule has 0 aliphatic rings. The van der Waals surface area contributed by atoms with Crippen LogP contribution in [0.1, 0.15) is 214 Å². The van der Waals surface area contributed by atoms with Crippen LogP contribution in [0.3, 0.4) is 0 Å². The molecule has 0 aliphatic heterocycles. The van der Waals surface area contributed by atoms with Crippen LogP contribution in [0.25, 0.3) is 0 Å². The zero-order valence-electron chi connectivity index (χ0n) is 27.7. The maximum absolute atomic E-state index is 11.9. The third kappa shape index (κ3) is 35.4. The molecule has 0 rings (SSSR count). The molecule has 0 aromatic carbocycles. The molecule has 39 heavy (non-hydrogen) atoms. The van der Waals surface area contributed by atoms with Gasteiger partial charge in [0, 0.05) is 6.42 Å². The fraction of sp³-hybridized carbons (Fsp3) is 0.973. The number of esters is 1. The zero-order chi connectivity index (χ0) is 28.7. The van der Waals surface area contributed by atoms with Gasteiger partial charge < -0.3 is 4.74 Å². The summed E-state index contributed by atoms with van der Waals surface area (Å²) in [5, 5.41) is 0. The molecule has 0 heterocycles. The van der Waals surface area contributed by atoms with Crippen molar-refractivity contribution in [3.05, 3.63) is 0 Å². The Bertz CT molecular complexity index is 470. The van der Waals surface area contributed by atoms with Crippen molar-refractivity contribution in [3.8, 4) is 0 Å². The quantitative estimate of drug-likeness (QED) is 0.0615. The molecule has 0 unspecified atom stereocenters. The summed E-state index contributed by atoms with van der Waals surface area (Å²) in [4.78, 5) is 11.9. The lowest BCUT2D eigenvalue weighted by molar-refractivity contribution is -0.143. The number of carbonyl (C=O) groups is 1. The fourth-order valence-electron chi connectivity index (χ4n) is 5.62. The van der Waals surface area contributed by atoms with E-state index >= 15 is 0 Å². The van der Waals surface area contributed by atoms with Crippen molar-refractivity contribution in [1.82, 2.24) is 0 Å². The fourth-order valence-corrected chi connectivity index (χ4v) is 5.62. The first-order chi connectivity index (χ1) is 19.0. The van der Waals surface area contributed by atoms with E-state index in [0.29, 0.717) is 13.0 Å². The van der Waals surface area contributed by atoms with Crippen molar-refractivity contribution in [2.24, 2.45) is 11.8 Å². The van der Waals surface area contributed by atoms with E-state index in [0.717, 1.165) is 24.7 Å². The van der Waals surface area contributed by atoms with Crippen molar-refractivity contribution < 1.29 is 9.53 Å². The molecule has 2 nitrogen and oxygen atoms in total. The smallest absolute Gasteiger partial charge is 0.305 e. The summed E-state index contributed by atoms with van der Waals surface area (Å²) >= 11 is 0. The summed E-state index contributed by atoms with van der Waals surface area (Å²) in [5.41, 5.74) is 0. The van der Waals surface area contributed by atoms with Gasteiger partial charge in [0.15, 0.2) is 0 Å². The number of rotatable bonds is 32. The van der Waals surface area contributed by atoms with E-state index in [-0.39, 0.29) is 5.97 Å². The van der Waals surface area contributed by atoms with Crippen LogP contribution in [0.2, 0.25) is 0 Å². The SMILES string of the molecule is CC(C)CCCCCCCCCCCCCCCCC(=O)OCCCCCCCCCCCCCCC(C)C. The largest absolute Gasteiger partial charge is 0.466 e. The second-order valence-corrected chi connectivity index (χ2v) is 13.5. The molecule has 0 N–H and O–H groups in total. The highest BCUT2D eigenvalue weighted by atomic mass is 16.5. The highest BCUT2D eigenvalue weighted by molar-refractivity contribution is 5.69. The monoisotopic (exact) mass is 551 g/mol. The van der Waals surface area contributed by atoms with Crippen LogP contribution in [-0.4, -0.2) is 12.6 Å². The van der Waals surface area contributed by atoms with Gasteiger partial charge in [0.1, 0.15) is 0 Å². The number of ether oxygens (including phenoxy) is 1. The molecule has 0 atom stereocenters. The van der Waals surface area contributed by atoms with Crippen LogP contribution in [0.15, 0.2) is 0 Å². The number of unbranched alkanes of at least 4 members (excludes halogenated alkanes) is 24. The van der Waals surface area contributed by atoms with E-state index in [1.807, 2.05) is 0 Å². The van der Waals surface area contributed by atoms with Crippen LogP contribution >= 0.6 is 0 Å². The average molecular weight is 551 g/mol. The minimum Gasteiger partial charge on any atom is -0.466 e. The van der Waals surface area contributed by atoms with E-state index in [2.05, 4.69) is 27.7 Å². The minimum atomic E-state index is 0.0270. The first-order valence-corrected chi connectivity index (χ1v) is 18.2. The molecule has 0 amide bonds. The summed E-state index contributed by atoms with van der Waals surface area (Å²) in [7, 11) is 0. The molecule has 0 fully saturated rings. The van der Waals surface area contributed by atoms with E-state index in [9.17, 15) is 4.79 Å². The van der Waals surface area contributed by atoms with Gasteiger partial charge in [0.05, 0.1) is 6.61 Å². The highest BCUT2D eigenvalue weighted by Crippen LogP contribution is 2.16. The molecular weight excluding hydrogens is 476 g/mol. The van der Waals surface area contributed by atoms with Crippen LogP contribution in [0.4, 0.5) is 0 Å². The molecule has 0 aromatic rings. The number of hydrogen-bond donors (Lipinski definition) is 0. The Balaban J connectivity index is 3.16.